The maximum absolute atomic E-state index is 13.9. The lowest BCUT2D eigenvalue weighted by Crippen LogP contribution is -2.42. The summed E-state index contributed by atoms with van der Waals surface area (Å²) in [5.41, 5.74) is 0.234. The number of anilines is 2. The molecule has 0 amide bonds. The quantitative estimate of drug-likeness (QED) is 0.413. The Hall–Kier alpha value is -2.94. The fourth-order valence-corrected chi connectivity index (χ4v) is 6.63. The minimum Gasteiger partial charge on any atom is -0.371 e. The van der Waals surface area contributed by atoms with Crippen LogP contribution >= 0.6 is 11.6 Å². The van der Waals surface area contributed by atoms with Gasteiger partial charge in [-0.05, 0) is 58.0 Å². The lowest BCUT2D eigenvalue weighted by atomic mass is 10.0. The van der Waals surface area contributed by atoms with Crippen LogP contribution in [0.15, 0.2) is 36.9 Å². The van der Waals surface area contributed by atoms with Gasteiger partial charge in [-0.3, -0.25) is 0 Å². The summed E-state index contributed by atoms with van der Waals surface area (Å²) in [6.07, 6.45) is 3.14. The van der Waals surface area contributed by atoms with Crippen molar-refractivity contribution in [1.82, 2.24) is 28.7 Å². The molecule has 2 aromatic heterocycles. The Balaban J connectivity index is 1.35. The summed E-state index contributed by atoms with van der Waals surface area (Å²) in [7, 11) is 0.885. The van der Waals surface area contributed by atoms with Gasteiger partial charge in [-0.15, -0.1) is 0 Å². The number of nitrogens with one attached hydrogen (secondary N) is 1. The molecule has 10 nitrogen and oxygen atoms in total. The van der Waals surface area contributed by atoms with Gasteiger partial charge in [0, 0.05) is 56.3 Å². The van der Waals surface area contributed by atoms with Gasteiger partial charge in [-0.2, -0.15) is 13.2 Å². The van der Waals surface area contributed by atoms with Crippen LogP contribution in [0.25, 0.3) is 17.1 Å². The summed E-state index contributed by atoms with van der Waals surface area (Å²) in [5, 5.41) is 3.51. The van der Waals surface area contributed by atoms with Crippen molar-refractivity contribution >= 4 is 33.3 Å². The third-order valence-electron chi connectivity index (χ3n) is 7.94. The second-order valence-corrected chi connectivity index (χ2v) is 13.4. The maximum Gasteiger partial charge on any atom is 0.420 e. The van der Waals surface area contributed by atoms with Crippen LogP contribution < -0.4 is 10.2 Å². The topological polar surface area (TPSA) is 99.5 Å². The van der Waals surface area contributed by atoms with E-state index in [1.165, 1.54) is 16.8 Å². The van der Waals surface area contributed by atoms with Crippen molar-refractivity contribution in [3.63, 3.8) is 0 Å². The van der Waals surface area contributed by atoms with E-state index in [-0.39, 0.29) is 23.4 Å². The highest BCUT2D eigenvalue weighted by molar-refractivity contribution is 7.88. The number of rotatable bonds is 7. The molecule has 0 bridgehead atoms. The number of aromatic nitrogens is 4. The fraction of sp³-hybridized carbons (Fsp3) is 0.519. The molecule has 15 heteroatoms. The molecular formula is C27H34ClF3N8O2S. The third-order valence-corrected chi connectivity index (χ3v) is 9.55. The number of piperidine rings is 2. The van der Waals surface area contributed by atoms with Crippen LogP contribution in [0.4, 0.5) is 24.8 Å². The van der Waals surface area contributed by atoms with Gasteiger partial charge in [-0.25, -0.2) is 27.7 Å². The Kier molecular flexibility index (Phi) is 8.70. The molecule has 0 unspecified atom stereocenters. The van der Waals surface area contributed by atoms with E-state index in [1.54, 1.807) is 4.57 Å². The summed E-state index contributed by atoms with van der Waals surface area (Å²) >= 11 is 6.65. The molecule has 1 aromatic carbocycles. The zero-order valence-corrected chi connectivity index (χ0v) is 25.2. The van der Waals surface area contributed by atoms with E-state index >= 15 is 0 Å². The molecule has 0 aliphatic carbocycles. The van der Waals surface area contributed by atoms with Gasteiger partial charge >= 0.3 is 6.18 Å². The van der Waals surface area contributed by atoms with Gasteiger partial charge in [-0.1, -0.05) is 11.6 Å². The normalized spacial score (nSPS) is 18.1. The molecule has 2 saturated heterocycles. The first kappa shape index (κ1) is 30.5. The second kappa shape index (κ2) is 12.0. The molecule has 3 aromatic rings. The lowest BCUT2D eigenvalue weighted by molar-refractivity contribution is -0.137. The van der Waals surface area contributed by atoms with E-state index in [0.717, 1.165) is 44.1 Å². The van der Waals surface area contributed by atoms with E-state index in [9.17, 15) is 21.6 Å². The second-order valence-electron chi connectivity index (χ2n) is 11.0. The van der Waals surface area contributed by atoms with E-state index in [2.05, 4.69) is 44.2 Å². The Labute approximate surface area is 248 Å². The molecule has 228 valence electrons. The minimum atomic E-state index is -4.70. The van der Waals surface area contributed by atoms with Crippen LogP contribution in [-0.2, 0) is 16.2 Å². The highest BCUT2D eigenvalue weighted by Crippen LogP contribution is 2.36. The Morgan fingerprint density at radius 1 is 1.05 bits per heavy atom. The van der Waals surface area contributed by atoms with Crippen LogP contribution in [0.5, 0.6) is 0 Å². The van der Waals surface area contributed by atoms with Crippen LogP contribution in [0.2, 0.25) is 5.02 Å². The van der Waals surface area contributed by atoms with Crippen molar-refractivity contribution in [2.45, 2.75) is 43.9 Å². The Bertz CT molecular complexity index is 1520. The van der Waals surface area contributed by atoms with E-state index in [0.29, 0.717) is 42.7 Å². The molecule has 0 radical (unpaired) electrons. The van der Waals surface area contributed by atoms with Gasteiger partial charge in [0.1, 0.15) is 23.3 Å². The molecule has 0 saturated carbocycles. The molecule has 0 spiro atoms. The molecule has 2 aliphatic rings. The number of imidazole rings is 1. The van der Waals surface area contributed by atoms with Gasteiger partial charge in [0.25, 0.3) is 0 Å². The molecule has 2 fully saturated rings. The molecule has 42 heavy (non-hydrogen) atoms. The van der Waals surface area contributed by atoms with Crippen LogP contribution in [0, 0.1) is 0 Å². The SMILES string of the molecule is CN(C)C1CCN(c2ccc(-n3cnc(-c4nc(NC5CCN(S(C)(=O)=O)CC5)ncc4C(F)(F)F)c3)c(Cl)c2)CC1. The molecule has 1 N–H and O–H groups in total. The predicted octanol–water partition coefficient (Wildman–Crippen LogP) is 4.37. The van der Waals surface area contributed by atoms with Crippen molar-refractivity contribution in [3.05, 3.63) is 47.5 Å². The van der Waals surface area contributed by atoms with E-state index in [1.807, 2.05) is 18.2 Å². The van der Waals surface area contributed by atoms with Crippen LogP contribution in [-0.4, -0.2) is 95.8 Å². The fourth-order valence-electron chi connectivity index (χ4n) is 5.49. The number of nitrogens with zero attached hydrogens (tertiary/aromatic N) is 7. The van der Waals surface area contributed by atoms with Crippen molar-refractivity contribution in [2.24, 2.45) is 0 Å². The van der Waals surface area contributed by atoms with Crippen molar-refractivity contribution in [3.8, 4) is 17.1 Å². The zero-order chi connectivity index (χ0) is 30.2. The monoisotopic (exact) mass is 626 g/mol. The standard InChI is InChI=1S/C27H34ClF3N8O2S/c1-36(2)19-8-10-37(11-9-19)20-4-5-24(22(28)14-20)38-16-23(33-17-38)25-21(27(29,30)31)15-32-26(35-25)34-18-6-12-39(13-7-18)42(3,40)41/h4-5,14-19H,6-13H2,1-3H3,(H,32,34,35). The average Bonchev–Trinajstić information content (AvgIpc) is 3.42. The first-order chi connectivity index (χ1) is 19.8. The summed E-state index contributed by atoms with van der Waals surface area (Å²) in [6, 6.07) is 6.03. The highest BCUT2D eigenvalue weighted by atomic mass is 35.5. The van der Waals surface area contributed by atoms with Crippen LogP contribution in [0.1, 0.15) is 31.2 Å². The van der Waals surface area contributed by atoms with Gasteiger partial charge in [0.15, 0.2) is 0 Å². The number of benzene rings is 1. The molecule has 5 rings (SSSR count). The molecular weight excluding hydrogens is 593 g/mol. The zero-order valence-electron chi connectivity index (χ0n) is 23.6. The molecule has 4 heterocycles. The van der Waals surface area contributed by atoms with Gasteiger partial charge < -0.3 is 19.7 Å². The summed E-state index contributed by atoms with van der Waals surface area (Å²) in [6.45, 7) is 2.44. The van der Waals surface area contributed by atoms with Gasteiger partial charge in [0.2, 0.25) is 16.0 Å². The first-order valence-corrected chi connectivity index (χ1v) is 15.9. The largest absolute Gasteiger partial charge is 0.420 e. The minimum absolute atomic E-state index is 0.0190. The summed E-state index contributed by atoms with van der Waals surface area (Å²) < 4.78 is 68.3. The smallest absolute Gasteiger partial charge is 0.371 e. The number of hydrogen-bond acceptors (Lipinski definition) is 8. The van der Waals surface area contributed by atoms with Crippen LogP contribution in [0.3, 0.4) is 0 Å². The van der Waals surface area contributed by atoms with Gasteiger partial charge in [0.05, 0.1) is 17.0 Å². The lowest BCUT2D eigenvalue weighted by Gasteiger charge is -2.36. The predicted molar refractivity (Wildman–Crippen MR) is 157 cm³/mol. The van der Waals surface area contributed by atoms with Crippen molar-refractivity contribution in [2.75, 3.05) is 56.7 Å². The van der Waals surface area contributed by atoms with E-state index < -0.39 is 21.8 Å². The number of halogens is 4. The first-order valence-electron chi connectivity index (χ1n) is 13.7. The Morgan fingerprint density at radius 3 is 2.33 bits per heavy atom. The van der Waals surface area contributed by atoms with Crippen molar-refractivity contribution < 1.29 is 21.6 Å². The molecule has 0 atom stereocenters. The summed E-state index contributed by atoms with van der Waals surface area (Å²) in [5.74, 6) is 0.0192. The average molecular weight is 627 g/mol. The Morgan fingerprint density at radius 2 is 1.74 bits per heavy atom. The number of alkyl halides is 3. The molecule has 2 aliphatic heterocycles. The summed E-state index contributed by atoms with van der Waals surface area (Å²) in [4.78, 5) is 16.9. The number of hydrogen-bond donors (Lipinski definition) is 1. The number of sulfonamides is 1. The van der Waals surface area contributed by atoms with E-state index in [4.69, 9.17) is 11.6 Å². The third kappa shape index (κ3) is 6.82. The maximum atomic E-state index is 13.9. The highest BCUT2D eigenvalue weighted by Gasteiger charge is 2.36. The van der Waals surface area contributed by atoms with Crippen molar-refractivity contribution in [1.29, 1.82) is 0 Å².